The number of carbonyl (C=O) groups excluding carboxylic acids is 1. The molecule has 0 atom stereocenters. The molecule has 2 N–H and O–H groups in total. The first-order valence-corrected chi connectivity index (χ1v) is 11.1. The number of nitrogens with one attached hydrogen (secondary N) is 1. The molecule has 0 radical (unpaired) electrons. The summed E-state index contributed by atoms with van der Waals surface area (Å²) in [6, 6.07) is 14.6. The van der Waals surface area contributed by atoms with Gasteiger partial charge in [0, 0.05) is 43.9 Å². The summed E-state index contributed by atoms with van der Waals surface area (Å²) in [5, 5.41) is 24.0. The summed E-state index contributed by atoms with van der Waals surface area (Å²) in [4.78, 5) is 31.0. The van der Waals surface area contributed by atoms with Crippen molar-refractivity contribution < 1.29 is 19.6 Å². The van der Waals surface area contributed by atoms with Crippen LogP contribution in [0.15, 0.2) is 54.6 Å². The number of rotatable bonds is 7. The number of morpholine rings is 1. The number of aromatic hydroxyl groups is 1. The predicted octanol–water partition coefficient (Wildman–Crippen LogP) is 3.40. The van der Waals surface area contributed by atoms with E-state index < -0.39 is 4.92 Å². The zero-order valence-electron chi connectivity index (χ0n) is 18.9. The van der Waals surface area contributed by atoms with E-state index in [0.717, 1.165) is 18.7 Å². The minimum Gasteiger partial charge on any atom is -0.508 e. The van der Waals surface area contributed by atoms with Crippen LogP contribution in [-0.4, -0.2) is 65.2 Å². The van der Waals surface area contributed by atoms with E-state index in [9.17, 15) is 20.0 Å². The average molecular weight is 463 g/mol. The second kappa shape index (κ2) is 10.4. The normalized spacial score (nSPS) is 14.0. The number of nitro groups is 1. The first-order chi connectivity index (χ1) is 16.4. The van der Waals surface area contributed by atoms with Gasteiger partial charge in [-0.25, -0.2) is 0 Å². The average Bonchev–Trinajstić information content (AvgIpc) is 2.84. The number of phenolic OH excluding ortho intramolecular Hbond substituents is 1. The van der Waals surface area contributed by atoms with E-state index in [1.54, 1.807) is 49.4 Å². The highest BCUT2D eigenvalue weighted by Crippen LogP contribution is 2.32. The lowest BCUT2D eigenvalue weighted by Gasteiger charge is -2.26. The molecule has 9 nitrogen and oxygen atoms in total. The number of aryl methyl sites for hydroxylation is 1. The fraction of sp³-hybridized carbons (Fsp3) is 0.280. The van der Waals surface area contributed by atoms with E-state index in [2.05, 4.69) is 15.2 Å². The molecule has 1 saturated heterocycles. The van der Waals surface area contributed by atoms with Crippen LogP contribution in [0.2, 0.25) is 0 Å². The SMILES string of the molecule is Cc1nc(-c2ccc(O)cc2)cc(-c2cccc([N+](=O)[O-])c2)c1C(=O)NCCN1CCOCC1. The number of hydrogen-bond acceptors (Lipinski definition) is 7. The molecule has 0 unspecified atom stereocenters. The van der Waals surface area contributed by atoms with Crippen molar-refractivity contribution in [2.45, 2.75) is 6.92 Å². The third-order valence-electron chi connectivity index (χ3n) is 5.78. The van der Waals surface area contributed by atoms with Gasteiger partial charge in [0.05, 0.1) is 35.1 Å². The number of hydrogen-bond donors (Lipinski definition) is 2. The van der Waals surface area contributed by atoms with Gasteiger partial charge in [-0.05, 0) is 48.4 Å². The number of benzene rings is 2. The van der Waals surface area contributed by atoms with Crippen molar-refractivity contribution in [1.29, 1.82) is 0 Å². The molecule has 0 aliphatic carbocycles. The molecule has 9 heteroatoms. The topological polar surface area (TPSA) is 118 Å². The van der Waals surface area contributed by atoms with E-state index in [1.165, 1.54) is 12.1 Å². The first-order valence-electron chi connectivity index (χ1n) is 11.1. The van der Waals surface area contributed by atoms with Gasteiger partial charge in [-0.3, -0.25) is 24.8 Å². The van der Waals surface area contributed by atoms with E-state index in [4.69, 9.17) is 4.74 Å². The van der Waals surface area contributed by atoms with Gasteiger partial charge in [-0.1, -0.05) is 12.1 Å². The van der Waals surface area contributed by atoms with Crippen LogP contribution in [0.3, 0.4) is 0 Å². The van der Waals surface area contributed by atoms with Crippen molar-refractivity contribution in [3.8, 4) is 28.1 Å². The zero-order chi connectivity index (χ0) is 24.1. The maximum atomic E-state index is 13.3. The fourth-order valence-corrected chi connectivity index (χ4v) is 3.99. The Kier molecular flexibility index (Phi) is 7.15. The molecule has 4 rings (SSSR count). The van der Waals surface area contributed by atoms with Crippen molar-refractivity contribution in [3.05, 3.63) is 76.0 Å². The monoisotopic (exact) mass is 462 g/mol. The molecule has 3 aromatic rings. The number of phenols is 1. The van der Waals surface area contributed by atoms with Gasteiger partial charge in [0.15, 0.2) is 0 Å². The second-order valence-electron chi connectivity index (χ2n) is 8.08. The molecule has 2 aromatic carbocycles. The lowest BCUT2D eigenvalue weighted by atomic mass is 9.95. The minimum absolute atomic E-state index is 0.0585. The highest BCUT2D eigenvalue weighted by molar-refractivity contribution is 6.02. The summed E-state index contributed by atoms with van der Waals surface area (Å²) in [6.07, 6.45) is 0. The number of ether oxygens (including phenoxy) is 1. The second-order valence-corrected chi connectivity index (χ2v) is 8.08. The Morgan fingerprint density at radius 1 is 1.15 bits per heavy atom. The Balaban J connectivity index is 1.69. The van der Waals surface area contributed by atoms with Gasteiger partial charge in [0.1, 0.15) is 5.75 Å². The lowest BCUT2D eigenvalue weighted by Crippen LogP contribution is -2.41. The quantitative estimate of drug-likeness (QED) is 0.408. The maximum absolute atomic E-state index is 13.3. The van der Waals surface area contributed by atoms with E-state index >= 15 is 0 Å². The van der Waals surface area contributed by atoms with Crippen LogP contribution in [0.1, 0.15) is 16.1 Å². The number of amides is 1. The number of pyridine rings is 1. The molecule has 0 spiro atoms. The predicted molar refractivity (Wildman–Crippen MR) is 128 cm³/mol. The smallest absolute Gasteiger partial charge is 0.270 e. The molecule has 1 amide bonds. The summed E-state index contributed by atoms with van der Waals surface area (Å²) in [5.74, 6) is -0.146. The highest BCUT2D eigenvalue weighted by Gasteiger charge is 2.21. The van der Waals surface area contributed by atoms with Crippen LogP contribution >= 0.6 is 0 Å². The number of non-ortho nitro benzene ring substituents is 1. The molecular formula is C25H26N4O5. The van der Waals surface area contributed by atoms with Crippen LogP contribution in [0.5, 0.6) is 5.75 Å². The lowest BCUT2D eigenvalue weighted by molar-refractivity contribution is -0.384. The molecule has 1 fully saturated rings. The summed E-state index contributed by atoms with van der Waals surface area (Å²) in [5.41, 5.74) is 3.30. The van der Waals surface area contributed by atoms with Crippen molar-refractivity contribution in [2.75, 3.05) is 39.4 Å². The molecule has 1 aliphatic heterocycles. The number of nitrogens with zero attached hydrogens (tertiary/aromatic N) is 3. The van der Waals surface area contributed by atoms with Gasteiger partial charge in [-0.15, -0.1) is 0 Å². The zero-order valence-corrected chi connectivity index (χ0v) is 18.9. The third-order valence-corrected chi connectivity index (χ3v) is 5.78. The van der Waals surface area contributed by atoms with Gasteiger partial charge in [0.2, 0.25) is 0 Å². The van der Waals surface area contributed by atoms with Crippen LogP contribution in [0.25, 0.3) is 22.4 Å². The van der Waals surface area contributed by atoms with Crippen LogP contribution in [0, 0.1) is 17.0 Å². The molecular weight excluding hydrogens is 436 g/mol. The number of nitro benzene ring substituents is 1. The van der Waals surface area contributed by atoms with Crippen molar-refractivity contribution >= 4 is 11.6 Å². The maximum Gasteiger partial charge on any atom is 0.270 e. The van der Waals surface area contributed by atoms with E-state index in [0.29, 0.717) is 54.4 Å². The summed E-state index contributed by atoms with van der Waals surface area (Å²) in [6.45, 7) is 5.96. The van der Waals surface area contributed by atoms with E-state index in [1.807, 2.05) is 0 Å². The molecule has 0 saturated carbocycles. The Morgan fingerprint density at radius 2 is 1.88 bits per heavy atom. The Bertz CT molecular complexity index is 1190. The first kappa shape index (κ1) is 23.3. The van der Waals surface area contributed by atoms with Crippen LogP contribution in [0.4, 0.5) is 5.69 Å². The number of aromatic nitrogens is 1. The Labute approximate surface area is 197 Å². The third kappa shape index (κ3) is 5.38. The van der Waals surface area contributed by atoms with Gasteiger partial charge in [-0.2, -0.15) is 0 Å². The van der Waals surface area contributed by atoms with Gasteiger partial charge < -0.3 is 15.2 Å². The Hall–Kier alpha value is -3.82. The highest BCUT2D eigenvalue weighted by atomic mass is 16.6. The molecule has 1 aliphatic rings. The number of carbonyl (C=O) groups is 1. The summed E-state index contributed by atoms with van der Waals surface area (Å²) >= 11 is 0. The largest absolute Gasteiger partial charge is 0.508 e. The minimum atomic E-state index is -0.458. The molecule has 176 valence electrons. The van der Waals surface area contributed by atoms with Crippen molar-refractivity contribution in [3.63, 3.8) is 0 Å². The molecule has 1 aromatic heterocycles. The fourth-order valence-electron chi connectivity index (χ4n) is 3.99. The molecule has 2 heterocycles. The molecule has 0 bridgehead atoms. The van der Waals surface area contributed by atoms with Crippen molar-refractivity contribution in [1.82, 2.24) is 15.2 Å². The Morgan fingerprint density at radius 3 is 2.59 bits per heavy atom. The van der Waals surface area contributed by atoms with Gasteiger partial charge >= 0.3 is 0 Å². The van der Waals surface area contributed by atoms with Crippen molar-refractivity contribution in [2.24, 2.45) is 0 Å². The van der Waals surface area contributed by atoms with E-state index in [-0.39, 0.29) is 17.3 Å². The van der Waals surface area contributed by atoms with Crippen LogP contribution in [-0.2, 0) is 4.74 Å². The van der Waals surface area contributed by atoms with Gasteiger partial charge in [0.25, 0.3) is 11.6 Å². The van der Waals surface area contributed by atoms with Crippen LogP contribution < -0.4 is 5.32 Å². The molecule has 34 heavy (non-hydrogen) atoms. The summed E-state index contributed by atoms with van der Waals surface area (Å²) in [7, 11) is 0. The standard InChI is InChI=1S/C25H26N4O5/c1-17-24(25(31)26-9-10-28-11-13-34-14-12-28)22(19-3-2-4-20(15-19)29(32)33)16-23(27-17)18-5-7-21(30)8-6-18/h2-8,15-16,30H,9-14H2,1H3,(H,26,31). The summed E-state index contributed by atoms with van der Waals surface area (Å²) < 4.78 is 5.36.